The van der Waals surface area contributed by atoms with Gasteiger partial charge in [-0.15, -0.1) is 0 Å². The van der Waals surface area contributed by atoms with Crippen LogP contribution in [-0.2, 0) is 11.3 Å². The molecule has 150 valence electrons. The van der Waals surface area contributed by atoms with Gasteiger partial charge in [-0.05, 0) is 48.0 Å². The van der Waals surface area contributed by atoms with Crippen molar-refractivity contribution in [1.29, 1.82) is 0 Å². The Morgan fingerprint density at radius 2 is 1.77 bits per heavy atom. The van der Waals surface area contributed by atoms with Crippen LogP contribution in [0.25, 0.3) is 11.0 Å². The van der Waals surface area contributed by atoms with Gasteiger partial charge in [-0.3, -0.25) is 4.99 Å². The van der Waals surface area contributed by atoms with Gasteiger partial charge in [0.2, 0.25) is 0 Å². The molecule has 2 N–H and O–H groups in total. The van der Waals surface area contributed by atoms with Crippen molar-refractivity contribution in [2.75, 3.05) is 7.11 Å². The number of H-pyrrole nitrogens is 2. The summed E-state index contributed by atoms with van der Waals surface area (Å²) in [5, 5.41) is 0. The van der Waals surface area contributed by atoms with Crippen molar-refractivity contribution in [1.82, 2.24) is 9.97 Å². The Labute approximate surface area is 172 Å². The number of nitrogens with one attached hydrogen (secondary N) is 2. The fraction of sp³-hybridized carbons (Fsp3) is 0.0870. The predicted octanol–water partition coefficient (Wildman–Crippen LogP) is 3.97. The van der Waals surface area contributed by atoms with Crippen LogP contribution in [-0.4, -0.2) is 29.3 Å². The number of rotatable bonds is 6. The first-order valence-corrected chi connectivity index (χ1v) is 9.27. The third-order valence-corrected chi connectivity index (χ3v) is 4.54. The van der Waals surface area contributed by atoms with Crippen LogP contribution in [0.1, 0.15) is 21.5 Å². The van der Waals surface area contributed by atoms with Crippen LogP contribution in [0.4, 0.5) is 5.69 Å². The van der Waals surface area contributed by atoms with E-state index in [9.17, 15) is 9.59 Å². The highest BCUT2D eigenvalue weighted by atomic mass is 16.5. The number of aromatic amines is 2. The largest absolute Gasteiger partial charge is 0.488 e. The Kier molecular flexibility index (Phi) is 5.43. The molecule has 1 aromatic heterocycles. The molecule has 0 radical (unpaired) electrons. The van der Waals surface area contributed by atoms with E-state index in [0.29, 0.717) is 29.1 Å². The zero-order chi connectivity index (χ0) is 20.9. The summed E-state index contributed by atoms with van der Waals surface area (Å²) in [5.74, 6) is 0.320. The molecule has 0 atom stereocenters. The molecule has 0 aliphatic rings. The minimum atomic E-state index is -0.370. The molecule has 0 fully saturated rings. The Balaban J connectivity index is 1.48. The van der Waals surface area contributed by atoms with Gasteiger partial charge in [0, 0.05) is 11.8 Å². The third-order valence-electron chi connectivity index (χ3n) is 4.54. The first kappa shape index (κ1) is 19.2. The SMILES string of the molecule is COC(=O)c1ccc(COc2ccccc2C=Nc2ccc3[nH]c(=O)[nH]c3c2)cc1. The topological polar surface area (TPSA) is 96.5 Å². The van der Waals surface area contributed by atoms with E-state index in [2.05, 4.69) is 15.0 Å². The second kappa shape index (κ2) is 8.48. The van der Waals surface area contributed by atoms with Crippen molar-refractivity contribution >= 4 is 28.9 Å². The molecule has 30 heavy (non-hydrogen) atoms. The number of carbonyl (C=O) groups is 1. The van der Waals surface area contributed by atoms with Crippen molar-refractivity contribution < 1.29 is 14.3 Å². The minimum Gasteiger partial charge on any atom is -0.488 e. The number of methoxy groups -OCH3 is 1. The summed E-state index contributed by atoms with van der Waals surface area (Å²) in [7, 11) is 1.35. The molecule has 0 saturated heterocycles. The zero-order valence-electron chi connectivity index (χ0n) is 16.2. The Hall–Kier alpha value is -4.13. The molecule has 0 spiro atoms. The number of esters is 1. The summed E-state index contributed by atoms with van der Waals surface area (Å²) in [5.41, 5.74) is 4.16. The van der Waals surface area contributed by atoms with E-state index in [-0.39, 0.29) is 11.7 Å². The highest BCUT2D eigenvalue weighted by Gasteiger charge is 2.06. The number of nitrogens with zero attached hydrogens (tertiary/aromatic N) is 1. The molecule has 0 bridgehead atoms. The molecular formula is C23H19N3O4. The fourth-order valence-electron chi connectivity index (χ4n) is 2.98. The van der Waals surface area contributed by atoms with Crippen LogP contribution in [0.3, 0.4) is 0 Å². The lowest BCUT2D eigenvalue weighted by atomic mass is 10.1. The van der Waals surface area contributed by atoms with Crippen molar-refractivity contribution in [3.05, 3.63) is 93.9 Å². The molecule has 0 aliphatic carbocycles. The first-order valence-electron chi connectivity index (χ1n) is 9.27. The quantitative estimate of drug-likeness (QED) is 0.377. The molecule has 0 aliphatic heterocycles. The summed E-state index contributed by atoms with van der Waals surface area (Å²) in [4.78, 5) is 32.8. The monoisotopic (exact) mass is 401 g/mol. The van der Waals surface area contributed by atoms with Gasteiger partial charge in [-0.25, -0.2) is 9.59 Å². The van der Waals surface area contributed by atoms with Gasteiger partial charge < -0.3 is 19.4 Å². The van der Waals surface area contributed by atoms with E-state index in [1.807, 2.05) is 42.5 Å². The lowest BCUT2D eigenvalue weighted by Crippen LogP contribution is -2.02. The summed E-state index contributed by atoms with van der Waals surface area (Å²) in [6.07, 6.45) is 1.72. The standard InChI is InChI=1S/C23H19N3O4/c1-29-22(27)16-8-6-15(7-9-16)14-30-21-5-3-2-4-17(21)13-24-18-10-11-19-20(12-18)26-23(28)25-19/h2-13H,14H2,1H3,(H2,25,26,28). The van der Waals surface area contributed by atoms with Crippen molar-refractivity contribution in [3.8, 4) is 5.75 Å². The molecule has 4 rings (SSSR count). The lowest BCUT2D eigenvalue weighted by molar-refractivity contribution is 0.0600. The second-order valence-corrected chi connectivity index (χ2v) is 6.58. The first-order chi connectivity index (χ1) is 14.6. The Morgan fingerprint density at radius 1 is 1.00 bits per heavy atom. The van der Waals surface area contributed by atoms with E-state index < -0.39 is 0 Å². The van der Waals surface area contributed by atoms with Gasteiger partial charge in [-0.2, -0.15) is 0 Å². The van der Waals surface area contributed by atoms with Gasteiger partial charge >= 0.3 is 11.7 Å². The number of fused-ring (bicyclic) bond motifs is 1. The number of aliphatic imine (C=N–C) groups is 1. The maximum absolute atomic E-state index is 11.5. The molecule has 0 amide bonds. The molecule has 0 saturated carbocycles. The van der Waals surface area contributed by atoms with E-state index in [1.165, 1.54) is 7.11 Å². The number of ether oxygens (including phenoxy) is 2. The van der Waals surface area contributed by atoms with Gasteiger partial charge in [0.25, 0.3) is 0 Å². The van der Waals surface area contributed by atoms with Crippen LogP contribution >= 0.6 is 0 Å². The van der Waals surface area contributed by atoms with Crippen LogP contribution in [0, 0.1) is 0 Å². The average Bonchev–Trinajstić information content (AvgIpc) is 3.16. The van der Waals surface area contributed by atoms with Crippen molar-refractivity contribution in [2.24, 2.45) is 4.99 Å². The van der Waals surface area contributed by atoms with Crippen LogP contribution in [0.15, 0.2) is 76.5 Å². The summed E-state index contributed by atoms with van der Waals surface area (Å²) >= 11 is 0. The molecule has 7 heteroatoms. The smallest absolute Gasteiger partial charge is 0.337 e. The maximum Gasteiger partial charge on any atom is 0.337 e. The van der Waals surface area contributed by atoms with E-state index in [1.54, 1.807) is 30.5 Å². The van der Waals surface area contributed by atoms with Crippen molar-refractivity contribution in [2.45, 2.75) is 6.61 Å². The third kappa shape index (κ3) is 4.30. The van der Waals surface area contributed by atoms with Gasteiger partial charge in [0.05, 0.1) is 29.4 Å². The van der Waals surface area contributed by atoms with Crippen molar-refractivity contribution in [3.63, 3.8) is 0 Å². The zero-order valence-corrected chi connectivity index (χ0v) is 16.2. The summed E-state index contributed by atoms with van der Waals surface area (Å²) in [6, 6.07) is 20.1. The number of aromatic nitrogens is 2. The average molecular weight is 401 g/mol. The summed E-state index contributed by atoms with van der Waals surface area (Å²) < 4.78 is 10.7. The fourth-order valence-corrected chi connectivity index (χ4v) is 2.98. The minimum absolute atomic E-state index is 0.246. The van der Waals surface area contributed by atoms with Crippen LogP contribution in [0.2, 0.25) is 0 Å². The number of hydrogen-bond donors (Lipinski definition) is 2. The lowest BCUT2D eigenvalue weighted by Gasteiger charge is -2.09. The number of para-hydroxylation sites is 1. The predicted molar refractivity (Wildman–Crippen MR) is 115 cm³/mol. The molecule has 3 aromatic carbocycles. The van der Waals surface area contributed by atoms with Gasteiger partial charge in [-0.1, -0.05) is 24.3 Å². The normalized spacial score (nSPS) is 11.1. The Bertz CT molecular complexity index is 1270. The maximum atomic E-state index is 11.5. The van der Waals surface area contributed by atoms with Crippen LogP contribution in [0.5, 0.6) is 5.75 Å². The second-order valence-electron chi connectivity index (χ2n) is 6.58. The number of imidazole rings is 1. The van der Waals surface area contributed by atoms with E-state index in [0.717, 1.165) is 16.6 Å². The molecule has 0 unspecified atom stereocenters. The van der Waals surface area contributed by atoms with Gasteiger partial charge in [0.1, 0.15) is 12.4 Å². The van der Waals surface area contributed by atoms with E-state index in [4.69, 9.17) is 9.47 Å². The number of benzene rings is 3. The molecule has 4 aromatic rings. The van der Waals surface area contributed by atoms with E-state index >= 15 is 0 Å². The summed E-state index contributed by atoms with van der Waals surface area (Å²) in [6.45, 7) is 0.350. The molecular weight excluding hydrogens is 382 g/mol. The highest BCUT2D eigenvalue weighted by molar-refractivity contribution is 5.89. The van der Waals surface area contributed by atoms with Crippen LogP contribution < -0.4 is 10.4 Å². The Morgan fingerprint density at radius 3 is 2.57 bits per heavy atom. The molecule has 7 nitrogen and oxygen atoms in total. The number of hydrogen-bond acceptors (Lipinski definition) is 5. The van der Waals surface area contributed by atoms with Gasteiger partial charge in [0.15, 0.2) is 0 Å². The molecule has 1 heterocycles. The number of carbonyl (C=O) groups excluding carboxylic acids is 1. The highest BCUT2D eigenvalue weighted by Crippen LogP contribution is 2.21.